The van der Waals surface area contributed by atoms with Crippen LogP contribution in [0.5, 0.6) is 0 Å². The van der Waals surface area contributed by atoms with Gasteiger partial charge in [-0.25, -0.2) is 9.36 Å². The van der Waals surface area contributed by atoms with Gasteiger partial charge in [0.25, 0.3) is 5.56 Å². The topological polar surface area (TPSA) is 82.9 Å². The molecule has 0 aliphatic heterocycles. The largest absolute Gasteiger partial charge is 0.337 e. The molecule has 2 aromatic carbocycles. The SMILES string of the molecule is Cc1cccc(-n2c(=O)c3sccc3n(Cc3nc(-c4ccccc4Cl)no3)c2=O)c1. The molecule has 0 unspecified atom stereocenters. The maximum Gasteiger partial charge on any atom is 0.336 e. The van der Waals surface area contributed by atoms with Gasteiger partial charge in [0, 0.05) is 5.56 Å². The van der Waals surface area contributed by atoms with Gasteiger partial charge in [-0.3, -0.25) is 9.36 Å². The van der Waals surface area contributed by atoms with Crippen molar-refractivity contribution in [3.8, 4) is 17.1 Å². The molecular weight excluding hydrogens is 436 g/mol. The van der Waals surface area contributed by atoms with Gasteiger partial charge in [0.05, 0.1) is 16.2 Å². The molecule has 5 aromatic rings. The first-order valence-corrected chi connectivity index (χ1v) is 10.7. The maximum absolute atomic E-state index is 13.4. The van der Waals surface area contributed by atoms with E-state index in [-0.39, 0.29) is 18.0 Å². The van der Waals surface area contributed by atoms with Gasteiger partial charge in [0.2, 0.25) is 11.7 Å². The van der Waals surface area contributed by atoms with Crippen molar-refractivity contribution in [2.24, 2.45) is 0 Å². The zero-order chi connectivity index (χ0) is 21.5. The number of nitrogens with zero attached hydrogens (tertiary/aromatic N) is 4. The Morgan fingerprint density at radius 3 is 2.74 bits per heavy atom. The molecule has 0 bridgehead atoms. The molecule has 0 amide bonds. The smallest absolute Gasteiger partial charge is 0.336 e. The summed E-state index contributed by atoms with van der Waals surface area (Å²) in [6.45, 7) is 1.93. The van der Waals surface area contributed by atoms with Crippen molar-refractivity contribution < 1.29 is 4.52 Å². The molecule has 9 heteroatoms. The number of halogens is 1. The second-order valence-corrected chi connectivity index (χ2v) is 8.30. The van der Waals surface area contributed by atoms with Gasteiger partial charge in [0.15, 0.2) is 0 Å². The number of aromatic nitrogens is 4. The third-order valence-electron chi connectivity index (χ3n) is 4.89. The molecule has 5 rings (SSSR count). The quantitative estimate of drug-likeness (QED) is 0.408. The molecule has 0 atom stereocenters. The van der Waals surface area contributed by atoms with Gasteiger partial charge in [-0.15, -0.1) is 11.3 Å². The zero-order valence-electron chi connectivity index (χ0n) is 16.3. The highest BCUT2D eigenvalue weighted by Gasteiger charge is 2.19. The molecule has 31 heavy (non-hydrogen) atoms. The van der Waals surface area contributed by atoms with E-state index in [1.54, 1.807) is 35.7 Å². The molecule has 0 spiro atoms. The van der Waals surface area contributed by atoms with Gasteiger partial charge in [-0.1, -0.05) is 41.0 Å². The standard InChI is InChI=1S/C22H15ClN4O3S/c1-13-5-4-6-14(11-13)27-21(28)19-17(9-10-31-19)26(22(27)29)12-18-24-20(25-30-18)15-7-2-3-8-16(15)23/h2-11H,12H2,1H3. The molecule has 0 aliphatic rings. The zero-order valence-corrected chi connectivity index (χ0v) is 17.9. The summed E-state index contributed by atoms with van der Waals surface area (Å²) < 4.78 is 8.52. The van der Waals surface area contributed by atoms with Crippen LogP contribution in [0, 0.1) is 6.92 Å². The first kappa shape index (κ1) is 19.5. The van der Waals surface area contributed by atoms with E-state index in [0.717, 1.165) is 5.56 Å². The second-order valence-electron chi connectivity index (χ2n) is 6.97. The average Bonchev–Trinajstić information content (AvgIpc) is 3.42. The van der Waals surface area contributed by atoms with Crippen molar-refractivity contribution in [1.29, 1.82) is 0 Å². The van der Waals surface area contributed by atoms with Crippen molar-refractivity contribution in [2.75, 3.05) is 0 Å². The molecular formula is C22H15ClN4O3S. The molecule has 0 N–H and O–H groups in total. The summed E-state index contributed by atoms with van der Waals surface area (Å²) in [7, 11) is 0. The van der Waals surface area contributed by atoms with Crippen molar-refractivity contribution in [3.63, 3.8) is 0 Å². The first-order valence-electron chi connectivity index (χ1n) is 9.40. The molecule has 0 saturated carbocycles. The van der Waals surface area contributed by atoms with Crippen molar-refractivity contribution >= 4 is 33.2 Å². The lowest BCUT2D eigenvalue weighted by Gasteiger charge is -2.11. The highest BCUT2D eigenvalue weighted by molar-refractivity contribution is 7.17. The summed E-state index contributed by atoms with van der Waals surface area (Å²) in [5.41, 5.74) is 1.81. The summed E-state index contributed by atoms with van der Waals surface area (Å²) in [5.74, 6) is 0.571. The average molecular weight is 451 g/mol. The van der Waals surface area contributed by atoms with Crippen molar-refractivity contribution in [3.05, 3.63) is 97.3 Å². The predicted octanol–water partition coefficient (Wildman–Crippen LogP) is 4.27. The number of rotatable bonds is 4. The Hall–Kier alpha value is -3.49. The van der Waals surface area contributed by atoms with E-state index in [1.807, 2.05) is 31.2 Å². The summed E-state index contributed by atoms with van der Waals surface area (Å²) in [6, 6.07) is 16.2. The van der Waals surface area contributed by atoms with Crippen LogP contribution in [-0.2, 0) is 6.54 Å². The molecule has 0 saturated heterocycles. The van der Waals surface area contributed by atoms with Crippen LogP contribution in [0.4, 0.5) is 0 Å². The highest BCUT2D eigenvalue weighted by atomic mass is 35.5. The highest BCUT2D eigenvalue weighted by Crippen LogP contribution is 2.25. The summed E-state index contributed by atoms with van der Waals surface area (Å²) in [4.78, 5) is 30.8. The van der Waals surface area contributed by atoms with Gasteiger partial charge < -0.3 is 4.52 Å². The van der Waals surface area contributed by atoms with E-state index in [0.29, 0.717) is 32.3 Å². The minimum atomic E-state index is -0.473. The molecule has 0 radical (unpaired) electrons. The Morgan fingerprint density at radius 2 is 1.94 bits per heavy atom. The molecule has 3 heterocycles. The van der Waals surface area contributed by atoms with Gasteiger partial charge in [-0.05, 0) is 48.2 Å². The molecule has 0 fully saturated rings. The first-order chi connectivity index (χ1) is 15.0. The van der Waals surface area contributed by atoms with Crippen LogP contribution in [0.15, 0.2) is 74.1 Å². The molecule has 3 aromatic heterocycles. The Kier molecular flexibility index (Phi) is 4.80. The van der Waals surface area contributed by atoms with E-state index in [2.05, 4.69) is 10.1 Å². The third-order valence-corrected chi connectivity index (χ3v) is 6.11. The lowest BCUT2D eigenvalue weighted by molar-refractivity contribution is 0.370. The Balaban J connectivity index is 1.65. The van der Waals surface area contributed by atoms with Crippen LogP contribution in [0.1, 0.15) is 11.5 Å². The number of benzene rings is 2. The lowest BCUT2D eigenvalue weighted by atomic mass is 10.2. The fourth-order valence-electron chi connectivity index (χ4n) is 3.44. The lowest BCUT2D eigenvalue weighted by Crippen LogP contribution is -2.38. The number of hydrogen-bond acceptors (Lipinski definition) is 6. The third kappa shape index (κ3) is 3.39. The van der Waals surface area contributed by atoms with E-state index in [1.165, 1.54) is 20.5 Å². The summed E-state index contributed by atoms with van der Waals surface area (Å²) >= 11 is 7.51. The number of aryl methyl sites for hydroxylation is 1. The molecule has 7 nitrogen and oxygen atoms in total. The van der Waals surface area contributed by atoms with E-state index < -0.39 is 5.69 Å². The Bertz CT molecular complexity index is 1550. The minimum absolute atomic E-state index is 0.0234. The van der Waals surface area contributed by atoms with E-state index in [4.69, 9.17) is 16.1 Å². The minimum Gasteiger partial charge on any atom is -0.337 e. The van der Waals surface area contributed by atoms with Crippen LogP contribution in [0.3, 0.4) is 0 Å². The normalized spacial score (nSPS) is 11.3. The van der Waals surface area contributed by atoms with E-state index >= 15 is 0 Å². The fraction of sp³-hybridized carbons (Fsp3) is 0.0909. The predicted molar refractivity (Wildman–Crippen MR) is 120 cm³/mol. The number of hydrogen-bond donors (Lipinski definition) is 0. The number of fused-ring (bicyclic) bond motifs is 1. The monoisotopic (exact) mass is 450 g/mol. The summed E-state index contributed by atoms with van der Waals surface area (Å²) in [5, 5.41) is 6.28. The maximum atomic E-state index is 13.4. The van der Waals surface area contributed by atoms with E-state index in [9.17, 15) is 9.59 Å². The Labute approximate surface area is 184 Å². The Morgan fingerprint density at radius 1 is 1.10 bits per heavy atom. The second kappa shape index (κ2) is 7.64. The van der Waals surface area contributed by atoms with Crippen molar-refractivity contribution in [1.82, 2.24) is 19.3 Å². The molecule has 0 aliphatic carbocycles. The fourth-order valence-corrected chi connectivity index (χ4v) is 4.49. The van der Waals surface area contributed by atoms with Crippen LogP contribution >= 0.6 is 22.9 Å². The van der Waals surface area contributed by atoms with Gasteiger partial charge in [0.1, 0.15) is 11.2 Å². The molecule has 154 valence electrons. The number of thiophene rings is 1. The van der Waals surface area contributed by atoms with Crippen LogP contribution in [-0.4, -0.2) is 19.3 Å². The van der Waals surface area contributed by atoms with Crippen molar-refractivity contribution in [2.45, 2.75) is 13.5 Å². The van der Waals surface area contributed by atoms with Crippen LogP contribution < -0.4 is 11.2 Å². The van der Waals surface area contributed by atoms with Crippen LogP contribution in [0.25, 0.3) is 27.3 Å². The van der Waals surface area contributed by atoms with Gasteiger partial charge >= 0.3 is 5.69 Å². The van der Waals surface area contributed by atoms with Crippen LogP contribution in [0.2, 0.25) is 5.02 Å². The summed E-state index contributed by atoms with van der Waals surface area (Å²) in [6.07, 6.45) is 0. The van der Waals surface area contributed by atoms with Gasteiger partial charge in [-0.2, -0.15) is 4.98 Å².